The van der Waals surface area contributed by atoms with Crippen LogP contribution in [0.3, 0.4) is 0 Å². The predicted octanol–water partition coefficient (Wildman–Crippen LogP) is 8.21. The molecule has 41 heavy (non-hydrogen) atoms. The molecule has 2 aromatic heterocycles. The van der Waals surface area contributed by atoms with Gasteiger partial charge < -0.3 is 4.42 Å². The molecule has 0 saturated carbocycles. The lowest BCUT2D eigenvalue weighted by atomic mass is 9.97. The number of aryl methyl sites for hydroxylation is 2. The number of nitrogens with zero attached hydrogens (tertiary/aromatic N) is 1. The molecule has 0 saturated heterocycles. The number of hydrogen-bond acceptors (Lipinski definition) is 1. The second-order valence-corrected chi connectivity index (χ2v) is 16.6. The first kappa shape index (κ1) is 27.2. The Morgan fingerprint density at radius 1 is 0.780 bits per heavy atom. The second-order valence-electron chi connectivity index (χ2n) is 12.2. The lowest BCUT2D eigenvalue weighted by Crippen LogP contribution is -2.52. The lowest BCUT2D eigenvalue weighted by molar-refractivity contribution is -0.660. The number of rotatable bonds is 6. The van der Waals surface area contributed by atoms with Crippen molar-refractivity contribution in [2.75, 3.05) is 0 Å². The van der Waals surface area contributed by atoms with Crippen LogP contribution in [0, 0.1) is 18.7 Å². The van der Waals surface area contributed by atoms with Gasteiger partial charge in [0, 0.05) is 22.9 Å². The van der Waals surface area contributed by atoms with Crippen molar-refractivity contribution in [2.24, 2.45) is 13.0 Å². The molecule has 0 aliphatic carbocycles. The Hall–Kier alpha value is -4.02. The molecule has 0 amide bonds. The average Bonchev–Trinajstić information content (AvgIpc) is 3.33. The third kappa shape index (κ3) is 4.80. The Labute approximate surface area is 243 Å². The smallest absolute Gasteiger partial charge is 0.216 e. The maximum Gasteiger partial charge on any atom is 0.216 e. The van der Waals surface area contributed by atoms with Crippen LogP contribution in [0.1, 0.15) is 25.0 Å². The highest BCUT2D eigenvalue weighted by Crippen LogP contribution is 2.41. The minimum Gasteiger partial charge on any atom is -0.454 e. The average molecular weight is 559 g/mol. The van der Waals surface area contributed by atoms with Crippen LogP contribution in [0.2, 0.25) is 13.1 Å². The van der Waals surface area contributed by atoms with Crippen molar-refractivity contribution in [1.82, 2.24) is 0 Å². The molecule has 0 atom stereocenters. The van der Waals surface area contributed by atoms with E-state index in [0.29, 0.717) is 17.1 Å². The van der Waals surface area contributed by atoms with Gasteiger partial charge >= 0.3 is 0 Å². The summed E-state index contributed by atoms with van der Waals surface area (Å²) in [5.74, 6) is 0.295. The number of pyridine rings is 1. The highest BCUT2D eigenvalue weighted by molar-refractivity contribution is 7.00. The standard InChI is InChI=1S/C37H37FNOSi/c1-24(2)22-26-20-21-39(4)33(23-26)34-25(3)12-17-30-31-18-19-32(38)35(37(31)40-36(30)34)27-13-15-29(16-14-27)41(5,6)28-10-8-7-9-11-28/h7-21,23-24H,22H2,1-6H3/q+1. The molecule has 6 aromatic rings. The first-order valence-corrected chi connectivity index (χ1v) is 17.4. The van der Waals surface area contributed by atoms with Gasteiger partial charge in [-0.1, -0.05) is 104 Å². The minimum atomic E-state index is -1.86. The van der Waals surface area contributed by atoms with Gasteiger partial charge in [0.25, 0.3) is 0 Å². The largest absolute Gasteiger partial charge is 0.454 e. The van der Waals surface area contributed by atoms with Crippen LogP contribution in [0.15, 0.2) is 102 Å². The molecule has 4 heteroatoms. The zero-order valence-electron chi connectivity index (χ0n) is 24.8. The molecule has 0 bridgehead atoms. The molecular weight excluding hydrogens is 521 g/mol. The molecule has 4 aromatic carbocycles. The van der Waals surface area contributed by atoms with Crippen LogP contribution >= 0.6 is 0 Å². The van der Waals surface area contributed by atoms with E-state index in [2.05, 4.69) is 131 Å². The minimum absolute atomic E-state index is 0.272. The number of aromatic nitrogens is 1. The van der Waals surface area contributed by atoms with E-state index in [1.165, 1.54) is 15.9 Å². The summed E-state index contributed by atoms with van der Waals surface area (Å²) in [7, 11) is 0.207. The molecule has 0 radical (unpaired) electrons. The molecule has 2 nitrogen and oxygen atoms in total. The van der Waals surface area contributed by atoms with Crippen molar-refractivity contribution >= 4 is 40.4 Å². The topological polar surface area (TPSA) is 17.0 Å². The fourth-order valence-electron chi connectivity index (χ4n) is 6.10. The van der Waals surface area contributed by atoms with E-state index >= 15 is 4.39 Å². The zero-order chi connectivity index (χ0) is 28.9. The van der Waals surface area contributed by atoms with Gasteiger partial charge in [-0.2, -0.15) is 0 Å². The summed E-state index contributed by atoms with van der Waals surface area (Å²) in [6, 6.07) is 31.3. The number of hydrogen-bond donors (Lipinski definition) is 0. The molecule has 2 heterocycles. The Balaban J connectivity index is 1.51. The summed E-state index contributed by atoms with van der Waals surface area (Å²) < 4.78 is 24.5. The molecule has 6 rings (SSSR count). The highest BCUT2D eigenvalue weighted by Gasteiger charge is 2.27. The fourth-order valence-corrected chi connectivity index (χ4v) is 8.46. The van der Waals surface area contributed by atoms with Crippen LogP contribution in [-0.2, 0) is 13.5 Å². The third-order valence-electron chi connectivity index (χ3n) is 8.47. The fraction of sp³-hybridized carbons (Fsp3) is 0.216. The van der Waals surface area contributed by atoms with Gasteiger partial charge in [0.05, 0.1) is 11.1 Å². The van der Waals surface area contributed by atoms with Crippen LogP contribution in [0.5, 0.6) is 0 Å². The number of fused-ring (bicyclic) bond motifs is 3. The quantitative estimate of drug-likeness (QED) is 0.149. The molecule has 0 unspecified atom stereocenters. The molecule has 0 fully saturated rings. The molecule has 0 spiro atoms. The molecule has 0 N–H and O–H groups in total. The van der Waals surface area contributed by atoms with Crippen molar-refractivity contribution in [2.45, 2.75) is 40.3 Å². The molecular formula is C37H37FNOSi+. The summed E-state index contributed by atoms with van der Waals surface area (Å²) in [5.41, 5.74) is 7.35. The number of benzene rings is 4. The van der Waals surface area contributed by atoms with Crippen LogP contribution < -0.4 is 14.9 Å². The number of halogens is 1. The summed E-state index contributed by atoms with van der Waals surface area (Å²) in [4.78, 5) is 0. The second kappa shape index (κ2) is 10.4. The van der Waals surface area contributed by atoms with Crippen molar-refractivity contribution in [3.05, 3.63) is 114 Å². The Morgan fingerprint density at radius 2 is 1.41 bits per heavy atom. The third-order valence-corrected chi connectivity index (χ3v) is 12.0. The summed E-state index contributed by atoms with van der Waals surface area (Å²) in [6.07, 6.45) is 3.14. The van der Waals surface area contributed by atoms with E-state index in [-0.39, 0.29) is 5.82 Å². The predicted molar refractivity (Wildman–Crippen MR) is 172 cm³/mol. The normalized spacial score (nSPS) is 12.1. The van der Waals surface area contributed by atoms with Gasteiger partial charge in [-0.15, -0.1) is 0 Å². The van der Waals surface area contributed by atoms with Gasteiger partial charge in [-0.3, -0.25) is 0 Å². The van der Waals surface area contributed by atoms with Crippen molar-refractivity contribution in [1.29, 1.82) is 0 Å². The van der Waals surface area contributed by atoms with Crippen molar-refractivity contribution in [3.63, 3.8) is 0 Å². The number of furan rings is 1. The highest BCUT2D eigenvalue weighted by atomic mass is 28.3. The van der Waals surface area contributed by atoms with Crippen molar-refractivity contribution < 1.29 is 13.4 Å². The summed E-state index contributed by atoms with van der Waals surface area (Å²) >= 11 is 0. The van der Waals surface area contributed by atoms with Crippen LogP contribution in [-0.4, -0.2) is 8.07 Å². The maximum absolute atomic E-state index is 15.6. The Morgan fingerprint density at radius 3 is 2.10 bits per heavy atom. The monoisotopic (exact) mass is 558 g/mol. The Bertz CT molecular complexity index is 1890. The lowest BCUT2D eigenvalue weighted by Gasteiger charge is -2.24. The molecule has 0 aliphatic rings. The van der Waals surface area contributed by atoms with Gasteiger partial charge in [0.2, 0.25) is 5.69 Å². The summed E-state index contributed by atoms with van der Waals surface area (Å²) in [6.45, 7) is 11.3. The van der Waals surface area contributed by atoms with E-state index in [4.69, 9.17) is 4.42 Å². The van der Waals surface area contributed by atoms with Gasteiger partial charge in [0.1, 0.15) is 32.1 Å². The zero-order valence-corrected chi connectivity index (χ0v) is 25.8. The van der Waals surface area contributed by atoms with Crippen LogP contribution in [0.4, 0.5) is 4.39 Å². The van der Waals surface area contributed by atoms with Gasteiger partial charge in [-0.25, -0.2) is 8.96 Å². The van der Waals surface area contributed by atoms with E-state index < -0.39 is 8.07 Å². The molecule has 206 valence electrons. The summed E-state index contributed by atoms with van der Waals surface area (Å²) in [5, 5.41) is 4.63. The first-order valence-electron chi connectivity index (χ1n) is 14.4. The molecule has 0 aliphatic heterocycles. The Kier molecular flexibility index (Phi) is 6.91. The van der Waals surface area contributed by atoms with Crippen molar-refractivity contribution in [3.8, 4) is 22.4 Å². The van der Waals surface area contributed by atoms with Gasteiger partial charge in [-0.05, 0) is 48.1 Å². The van der Waals surface area contributed by atoms with E-state index in [9.17, 15) is 0 Å². The van der Waals surface area contributed by atoms with E-state index in [0.717, 1.165) is 45.2 Å². The van der Waals surface area contributed by atoms with Crippen LogP contribution in [0.25, 0.3) is 44.3 Å². The first-order chi connectivity index (χ1) is 19.6. The van der Waals surface area contributed by atoms with Gasteiger partial charge in [0.15, 0.2) is 6.20 Å². The maximum atomic E-state index is 15.6. The van der Waals surface area contributed by atoms with E-state index in [1.54, 1.807) is 6.07 Å². The SMILES string of the molecule is Cc1ccc2c(oc3c(-c4ccc([Si](C)(C)c5ccccc5)cc4)c(F)ccc32)c1-c1cc(CC(C)C)cc[n+]1C. The van der Waals surface area contributed by atoms with E-state index in [1.807, 2.05) is 6.07 Å².